The summed E-state index contributed by atoms with van der Waals surface area (Å²) in [7, 11) is 0. The van der Waals surface area contributed by atoms with Crippen LogP contribution in [0.1, 0.15) is 39.0 Å². The summed E-state index contributed by atoms with van der Waals surface area (Å²) in [5.41, 5.74) is 0. The Morgan fingerprint density at radius 1 is 1.64 bits per heavy atom. The summed E-state index contributed by atoms with van der Waals surface area (Å²) >= 11 is 0. The molecule has 1 N–H and O–H groups in total. The largest absolute Gasteiger partial charge is 0.378 e. The van der Waals surface area contributed by atoms with Gasteiger partial charge in [0.05, 0.1) is 6.10 Å². The smallest absolute Gasteiger partial charge is 0.0576 e. The molecule has 1 saturated heterocycles. The predicted molar refractivity (Wildman–Crippen MR) is 59.1 cm³/mol. The number of rotatable bonds is 6. The highest BCUT2D eigenvalue weighted by Crippen LogP contribution is 2.16. The van der Waals surface area contributed by atoms with E-state index in [0.717, 1.165) is 19.6 Å². The molecule has 2 heteroatoms. The van der Waals surface area contributed by atoms with Gasteiger partial charge in [-0.25, -0.2) is 0 Å². The van der Waals surface area contributed by atoms with Crippen molar-refractivity contribution in [2.75, 3.05) is 13.2 Å². The van der Waals surface area contributed by atoms with E-state index in [9.17, 15) is 0 Å². The van der Waals surface area contributed by atoms with E-state index < -0.39 is 0 Å². The fourth-order valence-corrected chi connectivity index (χ4v) is 1.80. The lowest BCUT2D eigenvalue weighted by molar-refractivity contribution is 0.102. The van der Waals surface area contributed by atoms with Gasteiger partial charge < -0.3 is 10.1 Å². The molecule has 1 aliphatic rings. The molecule has 2 unspecified atom stereocenters. The first-order valence-corrected chi connectivity index (χ1v) is 5.61. The van der Waals surface area contributed by atoms with Gasteiger partial charge in [-0.1, -0.05) is 0 Å². The van der Waals surface area contributed by atoms with Crippen molar-refractivity contribution in [2.24, 2.45) is 0 Å². The van der Waals surface area contributed by atoms with Crippen LogP contribution in [0.5, 0.6) is 0 Å². The number of hydrogen-bond donors (Lipinski definition) is 1. The highest BCUT2D eigenvalue weighted by atomic mass is 16.5. The second-order valence-corrected chi connectivity index (χ2v) is 4.04. The number of nitrogens with one attached hydrogen (secondary N) is 1. The van der Waals surface area contributed by atoms with Crippen molar-refractivity contribution in [3.8, 4) is 12.3 Å². The minimum Gasteiger partial charge on any atom is -0.378 e. The Labute approximate surface area is 87.4 Å². The van der Waals surface area contributed by atoms with Gasteiger partial charge in [0.2, 0.25) is 0 Å². The molecule has 0 saturated carbocycles. The second kappa shape index (κ2) is 6.86. The molecule has 14 heavy (non-hydrogen) atoms. The molecule has 2 atom stereocenters. The Bertz CT molecular complexity index is 179. The van der Waals surface area contributed by atoms with Gasteiger partial charge in [-0.3, -0.25) is 0 Å². The van der Waals surface area contributed by atoms with Crippen molar-refractivity contribution >= 4 is 0 Å². The zero-order chi connectivity index (χ0) is 10.2. The summed E-state index contributed by atoms with van der Waals surface area (Å²) in [5.74, 6) is 2.66. The summed E-state index contributed by atoms with van der Waals surface area (Å²) in [4.78, 5) is 0. The SMILES string of the molecule is C#CCC(C)NCCCC1CCCO1. The lowest BCUT2D eigenvalue weighted by atomic mass is 10.1. The van der Waals surface area contributed by atoms with Crippen molar-refractivity contribution in [1.29, 1.82) is 0 Å². The quantitative estimate of drug-likeness (QED) is 0.516. The van der Waals surface area contributed by atoms with E-state index in [1.165, 1.54) is 25.7 Å². The zero-order valence-electron chi connectivity index (χ0n) is 9.09. The Kier molecular flexibility index (Phi) is 5.66. The average molecular weight is 195 g/mol. The van der Waals surface area contributed by atoms with Gasteiger partial charge in [0.15, 0.2) is 0 Å². The maximum absolute atomic E-state index is 5.55. The molecule has 0 aromatic rings. The maximum Gasteiger partial charge on any atom is 0.0576 e. The van der Waals surface area contributed by atoms with Gasteiger partial charge in [-0.05, 0) is 39.2 Å². The molecule has 0 aromatic carbocycles. The van der Waals surface area contributed by atoms with Gasteiger partial charge in [0.25, 0.3) is 0 Å². The number of ether oxygens (including phenoxy) is 1. The molecular formula is C12H21NO. The van der Waals surface area contributed by atoms with Gasteiger partial charge in [0.1, 0.15) is 0 Å². The van der Waals surface area contributed by atoms with Crippen LogP contribution in [-0.4, -0.2) is 25.3 Å². The third-order valence-corrected chi connectivity index (χ3v) is 2.64. The van der Waals surface area contributed by atoms with Crippen LogP contribution >= 0.6 is 0 Å². The standard InChI is InChI=1S/C12H21NO/c1-3-6-11(2)13-9-4-7-12-8-5-10-14-12/h1,11-13H,4-10H2,2H3. The maximum atomic E-state index is 5.55. The van der Waals surface area contributed by atoms with Crippen molar-refractivity contribution in [3.05, 3.63) is 0 Å². The Morgan fingerprint density at radius 3 is 3.14 bits per heavy atom. The molecule has 1 heterocycles. The lowest BCUT2D eigenvalue weighted by Gasteiger charge is -2.12. The third-order valence-electron chi connectivity index (χ3n) is 2.64. The Morgan fingerprint density at radius 2 is 2.50 bits per heavy atom. The fraction of sp³-hybridized carbons (Fsp3) is 0.833. The molecule has 0 amide bonds. The molecule has 0 bridgehead atoms. The van der Waals surface area contributed by atoms with Crippen LogP contribution in [0.3, 0.4) is 0 Å². The van der Waals surface area contributed by atoms with Crippen LogP contribution < -0.4 is 5.32 Å². The topological polar surface area (TPSA) is 21.3 Å². The Hall–Kier alpha value is -0.520. The van der Waals surface area contributed by atoms with E-state index in [1.54, 1.807) is 0 Å². The van der Waals surface area contributed by atoms with Gasteiger partial charge >= 0.3 is 0 Å². The van der Waals surface area contributed by atoms with Crippen LogP contribution in [0.4, 0.5) is 0 Å². The number of terminal acetylenes is 1. The van der Waals surface area contributed by atoms with Crippen molar-refractivity contribution in [2.45, 2.75) is 51.2 Å². The van der Waals surface area contributed by atoms with Gasteiger partial charge in [-0.15, -0.1) is 12.3 Å². The predicted octanol–water partition coefficient (Wildman–Crippen LogP) is 1.95. The molecule has 0 spiro atoms. The van der Waals surface area contributed by atoms with Crippen molar-refractivity contribution in [3.63, 3.8) is 0 Å². The van der Waals surface area contributed by atoms with E-state index in [4.69, 9.17) is 11.2 Å². The summed E-state index contributed by atoms with van der Waals surface area (Å²) < 4.78 is 5.55. The van der Waals surface area contributed by atoms with Crippen LogP contribution in [0.2, 0.25) is 0 Å². The molecule has 1 rings (SSSR count). The fourth-order valence-electron chi connectivity index (χ4n) is 1.80. The molecule has 1 aliphatic heterocycles. The van der Waals surface area contributed by atoms with Gasteiger partial charge in [0, 0.05) is 19.1 Å². The van der Waals surface area contributed by atoms with E-state index in [-0.39, 0.29) is 0 Å². The molecule has 0 aromatic heterocycles. The first kappa shape index (κ1) is 11.6. The minimum atomic E-state index is 0.449. The lowest BCUT2D eigenvalue weighted by Crippen LogP contribution is -2.27. The highest BCUT2D eigenvalue weighted by Gasteiger charge is 2.14. The summed E-state index contributed by atoms with van der Waals surface area (Å²) in [6.45, 7) is 4.15. The van der Waals surface area contributed by atoms with Crippen LogP contribution in [0, 0.1) is 12.3 Å². The zero-order valence-corrected chi connectivity index (χ0v) is 9.09. The van der Waals surface area contributed by atoms with Crippen LogP contribution in [-0.2, 0) is 4.74 Å². The first-order valence-electron chi connectivity index (χ1n) is 5.61. The van der Waals surface area contributed by atoms with Crippen molar-refractivity contribution < 1.29 is 4.74 Å². The van der Waals surface area contributed by atoms with E-state index in [0.29, 0.717) is 12.1 Å². The summed E-state index contributed by atoms with van der Waals surface area (Å²) in [6.07, 6.45) is 11.4. The van der Waals surface area contributed by atoms with E-state index >= 15 is 0 Å². The highest BCUT2D eigenvalue weighted by molar-refractivity contribution is 4.87. The molecular weight excluding hydrogens is 174 g/mol. The van der Waals surface area contributed by atoms with Gasteiger partial charge in [-0.2, -0.15) is 0 Å². The molecule has 2 nitrogen and oxygen atoms in total. The molecule has 0 radical (unpaired) electrons. The normalized spacial score (nSPS) is 23.3. The first-order chi connectivity index (χ1) is 6.83. The van der Waals surface area contributed by atoms with E-state index in [2.05, 4.69) is 18.2 Å². The molecule has 80 valence electrons. The Balaban J connectivity index is 1.91. The molecule has 1 fully saturated rings. The van der Waals surface area contributed by atoms with Crippen LogP contribution in [0.15, 0.2) is 0 Å². The second-order valence-electron chi connectivity index (χ2n) is 4.04. The monoisotopic (exact) mass is 195 g/mol. The third kappa shape index (κ3) is 4.64. The van der Waals surface area contributed by atoms with E-state index in [1.807, 2.05) is 0 Å². The summed E-state index contributed by atoms with van der Waals surface area (Å²) in [6, 6.07) is 0.449. The summed E-state index contributed by atoms with van der Waals surface area (Å²) in [5, 5.41) is 3.41. The average Bonchev–Trinajstić information content (AvgIpc) is 2.65. The van der Waals surface area contributed by atoms with Crippen molar-refractivity contribution in [1.82, 2.24) is 5.32 Å². The molecule has 0 aliphatic carbocycles. The number of hydrogen-bond acceptors (Lipinski definition) is 2. The van der Waals surface area contributed by atoms with Crippen LogP contribution in [0.25, 0.3) is 0 Å². The minimum absolute atomic E-state index is 0.449.